The fourth-order valence-electron chi connectivity index (χ4n) is 4.82. The van der Waals surface area contributed by atoms with Gasteiger partial charge in [-0.05, 0) is 43.2 Å². The summed E-state index contributed by atoms with van der Waals surface area (Å²) in [6.45, 7) is -0.498. The molecule has 3 fully saturated rings. The topological polar surface area (TPSA) is 202 Å². The van der Waals surface area contributed by atoms with Gasteiger partial charge in [0.25, 0.3) is 0 Å². The fourth-order valence-corrected chi connectivity index (χ4v) is 5.70. The van der Waals surface area contributed by atoms with Crippen molar-refractivity contribution in [3.8, 4) is 0 Å². The number of nitrogens with one attached hydrogen (secondary N) is 1. The third-order valence-electron chi connectivity index (χ3n) is 7.23. The first-order chi connectivity index (χ1) is 18.1. The molecular weight excluding hydrogens is 545 g/mol. The van der Waals surface area contributed by atoms with Gasteiger partial charge in [0.1, 0.15) is 29.8 Å². The van der Waals surface area contributed by atoms with Crippen LogP contribution in [-0.2, 0) is 18.8 Å². The lowest BCUT2D eigenvalue weighted by atomic mass is 10.1. The Kier molecular flexibility index (Phi) is 8.56. The van der Waals surface area contributed by atoms with Crippen LogP contribution in [0.4, 0.5) is 5.82 Å². The summed E-state index contributed by atoms with van der Waals surface area (Å²) in [5.41, 5.74) is -1.32. The molecule has 0 aromatic carbocycles. The van der Waals surface area contributed by atoms with Gasteiger partial charge < -0.3 is 44.6 Å². The number of nitrogens with zero attached hydrogens (tertiary/aromatic N) is 4. The molecule has 14 nitrogen and oxygen atoms in total. The van der Waals surface area contributed by atoms with Gasteiger partial charge in [0, 0.05) is 12.6 Å². The van der Waals surface area contributed by atoms with E-state index in [4.69, 9.17) is 25.8 Å². The van der Waals surface area contributed by atoms with Crippen molar-refractivity contribution in [1.82, 2.24) is 19.7 Å². The summed E-state index contributed by atoms with van der Waals surface area (Å²) in [5.74, 6) is 0.889. The smallest absolute Gasteiger partial charge is 0.336 e. The first-order valence-corrected chi connectivity index (χ1v) is 14.8. The van der Waals surface area contributed by atoms with E-state index in [-0.39, 0.29) is 17.0 Å². The second kappa shape index (κ2) is 11.6. The minimum absolute atomic E-state index is 0.0248. The lowest BCUT2D eigenvalue weighted by Crippen LogP contribution is -2.38. The number of hydrogen-bond acceptors (Lipinski definition) is 11. The highest BCUT2D eigenvalue weighted by molar-refractivity contribution is 7.52. The summed E-state index contributed by atoms with van der Waals surface area (Å²) < 4.78 is 29.6. The maximum Gasteiger partial charge on any atom is 0.336 e. The Hall–Kier alpha value is -1.45. The first kappa shape index (κ1) is 28.1. The lowest BCUT2D eigenvalue weighted by molar-refractivity contribution is -0.151. The van der Waals surface area contributed by atoms with Crippen molar-refractivity contribution in [2.75, 3.05) is 25.1 Å². The molecule has 1 saturated heterocycles. The van der Waals surface area contributed by atoms with Crippen LogP contribution < -0.4 is 5.32 Å². The molecule has 1 aliphatic heterocycles. The van der Waals surface area contributed by atoms with Crippen LogP contribution in [-0.4, -0.2) is 101 Å². The minimum atomic E-state index is -4.76. The summed E-state index contributed by atoms with van der Waals surface area (Å²) >= 11 is 6.17. The fraction of sp³-hybridized carbons (Fsp3) is 0.773. The van der Waals surface area contributed by atoms with Crippen molar-refractivity contribution < 1.29 is 43.9 Å². The molecule has 1 unspecified atom stereocenters. The maximum absolute atomic E-state index is 11.9. The number of halogens is 1. The average Bonchev–Trinajstić information content (AvgIpc) is 3.22. The van der Waals surface area contributed by atoms with E-state index in [0.29, 0.717) is 23.7 Å². The van der Waals surface area contributed by atoms with Crippen LogP contribution in [0.15, 0.2) is 6.20 Å². The van der Waals surface area contributed by atoms with Gasteiger partial charge in [-0.15, -0.1) is 0 Å². The molecule has 6 N–H and O–H groups in total. The van der Waals surface area contributed by atoms with Crippen molar-refractivity contribution >= 4 is 36.0 Å². The predicted octanol–water partition coefficient (Wildman–Crippen LogP) is 0.761. The largest absolute Gasteiger partial charge is 0.387 e. The van der Waals surface area contributed by atoms with E-state index < -0.39 is 57.3 Å². The van der Waals surface area contributed by atoms with Gasteiger partial charge in [0.2, 0.25) is 5.28 Å². The molecular formula is C22H33ClN5O9P. The molecule has 38 heavy (non-hydrogen) atoms. The first-order valence-electron chi connectivity index (χ1n) is 12.7. The van der Waals surface area contributed by atoms with Crippen molar-refractivity contribution in [3.63, 3.8) is 0 Å². The molecule has 3 heterocycles. The second-order valence-electron chi connectivity index (χ2n) is 10.2. The molecule has 2 aromatic rings. The Morgan fingerprint density at radius 2 is 1.89 bits per heavy atom. The summed E-state index contributed by atoms with van der Waals surface area (Å²) in [5, 5.41) is 39.9. The number of anilines is 1. The minimum Gasteiger partial charge on any atom is -0.387 e. The Bertz CT molecular complexity index is 1160. The summed E-state index contributed by atoms with van der Waals surface area (Å²) in [7, 11) is -4.76. The van der Waals surface area contributed by atoms with E-state index in [1.165, 1.54) is 10.9 Å². The average molecular weight is 578 g/mol. The summed E-state index contributed by atoms with van der Waals surface area (Å²) in [6.07, 6.45) is 0.716. The molecule has 0 amide bonds. The van der Waals surface area contributed by atoms with Gasteiger partial charge in [-0.25, -0.2) is 4.68 Å². The van der Waals surface area contributed by atoms with E-state index in [2.05, 4.69) is 20.4 Å². The number of rotatable bonds is 12. The molecule has 6 atom stereocenters. The SMILES string of the molecule is O=P(O)(O)[C@H](COCC1CC1)C(O)OC[C@H]1O[C@@H](n2ncc3c(NC4CCCC4)nc(Cl)nc32)[C@H](O)[C@@H]1O. The summed E-state index contributed by atoms with van der Waals surface area (Å²) in [6, 6.07) is 0.256. The van der Waals surface area contributed by atoms with Crippen LogP contribution in [0.2, 0.25) is 5.28 Å². The van der Waals surface area contributed by atoms with Crippen LogP contribution in [0, 0.1) is 5.92 Å². The number of fused-ring (bicyclic) bond motifs is 1. The number of aliphatic hydroxyl groups is 3. The van der Waals surface area contributed by atoms with Gasteiger partial charge >= 0.3 is 7.60 Å². The molecule has 2 aliphatic carbocycles. The highest BCUT2D eigenvalue weighted by Crippen LogP contribution is 2.44. The molecule has 5 rings (SSSR count). The van der Waals surface area contributed by atoms with Crippen LogP contribution in [0.1, 0.15) is 44.8 Å². The Balaban J connectivity index is 1.25. The van der Waals surface area contributed by atoms with E-state index in [1.54, 1.807) is 0 Å². The van der Waals surface area contributed by atoms with E-state index >= 15 is 0 Å². The third kappa shape index (κ3) is 6.30. The molecule has 212 valence electrons. The Labute approximate surface area is 223 Å². The maximum atomic E-state index is 11.9. The molecule has 0 radical (unpaired) electrons. The van der Waals surface area contributed by atoms with Gasteiger partial charge in [0.15, 0.2) is 18.2 Å². The van der Waals surface area contributed by atoms with E-state index in [0.717, 1.165) is 38.5 Å². The Morgan fingerprint density at radius 3 is 2.58 bits per heavy atom. The van der Waals surface area contributed by atoms with Crippen molar-refractivity contribution in [2.24, 2.45) is 5.92 Å². The molecule has 3 aliphatic rings. The standard InChI is InChI=1S/C22H33ClN5O9P/c23-22-26-18(25-12-3-1-2-4-12)13-7-24-28(19(13)27-22)20-17(30)16(29)14(37-20)9-36-21(31)15(38(32,33)34)10-35-8-11-5-6-11/h7,11-12,14-17,20-21,29-31H,1-6,8-10H2,(H,25,26,27)(H2,32,33,34)/t14-,15-,16-,17-,20-,21?/m1/s1. The highest BCUT2D eigenvalue weighted by Gasteiger charge is 2.46. The zero-order chi connectivity index (χ0) is 27.0. The second-order valence-corrected chi connectivity index (χ2v) is 12.4. The lowest BCUT2D eigenvalue weighted by Gasteiger charge is -2.25. The zero-order valence-electron chi connectivity index (χ0n) is 20.5. The van der Waals surface area contributed by atoms with Crippen LogP contribution in [0.5, 0.6) is 0 Å². The molecule has 2 aromatic heterocycles. The third-order valence-corrected chi connectivity index (χ3v) is 8.67. The predicted molar refractivity (Wildman–Crippen MR) is 133 cm³/mol. The van der Waals surface area contributed by atoms with Gasteiger partial charge in [0.05, 0.1) is 24.8 Å². The van der Waals surface area contributed by atoms with Crippen molar-refractivity contribution in [1.29, 1.82) is 0 Å². The molecule has 16 heteroatoms. The quantitative estimate of drug-likeness (QED) is 0.117. The van der Waals surface area contributed by atoms with Crippen LogP contribution >= 0.6 is 19.2 Å². The molecule has 0 bridgehead atoms. The van der Waals surface area contributed by atoms with Crippen LogP contribution in [0.3, 0.4) is 0 Å². The van der Waals surface area contributed by atoms with Gasteiger partial charge in [-0.2, -0.15) is 15.1 Å². The zero-order valence-corrected chi connectivity index (χ0v) is 22.2. The van der Waals surface area contributed by atoms with E-state index in [9.17, 15) is 29.7 Å². The monoisotopic (exact) mass is 577 g/mol. The van der Waals surface area contributed by atoms with Gasteiger partial charge in [-0.1, -0.05) is 12.8 Å². The normalized spacial score (nSPS) is 28.3. The number of hydrogen-bond donors (Lipinski definition) is 6. The highest BCUT2D eigenvalue weighted by atomic mass is 35.5. The van der Waals surface area contributed by atoms with E-state index in [1.807, 2.05) is 0 Å². The Morgan fingerprint density at radius 1 is 1.16 bits per heavy atom. The number of aliphatic hydroxyl groups excluding tert-OH is 3. The molecule has 2 saturated carbocycles. The number of ether oxygens (including phenoxy) is 3. The summed E-state index contributed by atoms with van der Waals surface area (Å²) in [4.78, 5) is 27.8. The van der Waals surface area contributed by atoms with Gasteiger partial charge in [-0.3, -0.25) is 4.57 Å². The van der Waals surface area contributed by atoms with Crippen molar-refractivity contribution in [2.45, 2.75) is 81.1 Å². The molecule has 0 spiro atoms. The van der Waals surface area contributed by atoms with Crippen LogP contribution in [0.25, 0.3) is 11.0 Å². The van der Waals surface area contributed by atoms with Crippen molar-refractivity contribution in [3.05, 3.63) is 11.5 Å². The number of aromatic nitrogens is 4.